The van der Waals surface area contributed by atoms with Crippen molar-refractivity contribution in [1.29, 1.82) is 0 Å². The summed E-state index contributed by atoms with van der Waals surface area (Å²) in [7, 11) is 0. The first-order chi connectivity index (χ1) is 9.16. The highest BCUT2D eigenvalue weighted by Crippen LogP contribution is 2.29. The van der Waals surface area contributed by atoms with Crippen molar-refractivity contribution in [2.24, 2.45) is 11.8 Å². The van der Waals surface area contributed by atoms with E-state index in [2.05, 4.69) is 17.2 Å². The van der Waals surface area contributed by atoms with E-state index >= 15 is 0 Å². The average Bonchev–Trinajstić information content (AvgIpc) is 2.85. The van der Waals surface area contributed by atoms with E-state index in [4.69, 9.17) is 0 Å². The first-order valence-corrected chi connectivity index (χ1v) is 7.17. The SMILES string of the molecule is CC1CCC(CCNCc2nccn2C(F)F)CC1. The highest BCUT2D eigenvalue weighted by molar-refractivity contribution is 4.92. The van der Waals surface area contributed by atoms with Gasteiger partial charge < -0.3 is 5.32 Å². The summed E-state index contributed by atoms with van der Waals surface area (Å²) < 4.78 is 26.1. The summed E-state index contributed by atoms with van der Waals surface area (Å²) in [5.74, 6) is 2.09. The normalized spacial score (nSPS) is 24.0. The van der Waals surface area contributed by atoms with Crippen LogP contribution in [-0.2, 0) is 6.54 Å². The molecule has 1 aromatic heterocycles. The molecular weight excluding hydrogens is 248 g/mol. The molecule has 1 aromatic rings. The average molecular weight is 271 g/mol. The van der Waals surface area contributed by atoms with Crippen molar-refractivity contribution < 1.29 is 8.78 Å². The molecule has 0 bridgehead atoms. The molecule has 0 spiro atoms. The van der Waals surface area contributed by atoms with Crippen LogP contribution in [0.3, 0.4) is 0 Å². The molecule has 0 saturated heterocycles. The maximum absolute atomic E-state index is 12.6. The Kier molecular flexibility index (Phi) is 5.31. The number of nitrogens with one attached hydrogen (secondary N) is 1. The first-order valence-electron chi connectivity index (χ1n) is 7.17. The predicted molar refractivity (Wildman–Crippen MR) is 70.9 cm³/mol. The number of halogens is 2. The van der Waals surface area contributed by atoms with Gasteiger partial charge in [-0.15, -0.1) is 0 Å². The lowest BCUT2D eigenvalue weighted by Crippen LogP contribution is -2.22. The summed E-state index contributed by atoms with van der Waals surface area (Å²) in [6, 6.07) is 0. The molecule has 0 aromatic carbocycles. The molecule has 1 N–H and O–H groups in total. The minimum atomic E-state index is -2.50. The summed E-state index contributed by atoms with van der Waals surface area (Å²) >= 11 is 0. The van der Waals surface area contributed by atoms with Crippen LogP contribution in [0.1, 0.15) is 51.4 Å². The fourth-order valence-corrected chi connectivity index (χ4v) is 2.78. The second kappa shape index (κ2) is 6.98. The quantitative estimate of drug-likeness (QED) is 0.801. The maximum atomic E-state index is 12.6. The van der Waals surface area contributed by atoms with Gasteiger partial charge in [-0.05, 0) is 24.8 Å². The van der Waals surface area contributed by atoms with Crippen LogP contribution in [0.4, 0.5) is 8.78 Å². The van der Waals surface area contributed by atoms with Gasteiger partial charge in [-0.1, -0.05) is 32.6 Å². The number of alkyl halides is 2. The standard InChI is InChI=1S/C14H23F2N3/c1-11-2-4-12(5-3-11)6-7-17-10-13-18-8-9-19(13)14(15)16/h8-9,11-12,14,17H,2-7,10H2,1H3. The second-order valence-electron chi connectivity index (χ2n) is 5.62. The summed E-state index contributed by atoms with van der Waals surface area (Å²) in [5, 5.41) is 3.22. The van der Waals surface area contributed by atoms with E-state index in [1.165, 1.54) is 38.1 Å². The fourth-order valence-electron chi connectivity index (χ4n) is 2.78. The van der Waals surface area contributed by atoms with Gasteiger partial charge in [-0.3, -0.25) is 4.57 Å². The minimum Gasteiger partial charge on any atom is -0.310 e. The topological polar surface area (TPSA) is 29.9 Å². The Hall–Kier alpha value is -0.970. The number of aromatic nitrogens is 2. The molecule has 2 rings (SSSR count). The number of nitrogens with zero attached hydrogens (tertiary/aromatic N) is 2. The lowest BCUT2D eigenvalue weighted by molar-refractivity contribution is 0.0666. The fraction of sp³-hybridized carbons (Fsp3) is 0.786. The Bertz CT molecular complexity index is 371. The minimum absolute atomic E-state index is 0.410. The Morgan fingerprint density at radius 2 is 2.11 bits per heavy atom. The van der Waals surface area contributed by atoms with Crippen LogP contribution in [0.5, 0.6) is 0 Å². The van der Waals surface area contributed by atoms with E-state index in [1.807, 2.05) is 0 Å². The predicted octanol–water partition coefficient (Wildman–Crippen LogP) is 3.58. The molecule has 1 heterocycles. The summed E-state index contributed by atoms with van der Waals surface area (Å²) in [4.78, 5) is 3.95. The van der Waals surface area contributed by atoms with Crippen molar-refractivity contribution in [3.8, 4) is 0 Å². The Morgan fingerprint density at radius 1 is 1.37 bits per heavy atom. The van der Waals surface area contributed by atoms with E-state index in [0.29, 0.717) is 12.4 Å². The van der Waals surface area contributed by atoms with Gasteiger partial charge in [-0.2, -0.15) is 8.78 Å². The zero-order chi connectivity index (χ0) is 13.7. The molecular formula is C14H23F2N3. The molecule has 5 heteroatoms. The Balaban J connectivity index is 1.65. The third-order valence-corrected chi connectivity index (χ3v) is 4.11. The van der Waals surface area contributed by atoms with Gasteiger partial charge >= 0.3 is 6.55 Å². The second-order valence-corrected chi connectivity index (χ2v) is 5.62. The lowest BCUT2D eigenvalue weighted by Gasteiger charge is -2.26. The molecule has 0 amide bonds. The molecule has 1 aliphatic rings. The number of imidazole rings is 1. The summed E-state index contributed by atoms with van der Waals surface area (Å²) in [6.07, 6.45) is 9.18. The molecule has 0 radical (unpaired) electrons. The van der Waals surface area contributed by atoms with Crippen molar-refractivity contribution in [2.45, 2.75) is 52.1 Å². The molecule has 0 aliphatic heterocycles. The molecule has 1 fully saturated rings. The van der Waals surface area contributed by atoms with Crippen molar-refractivity contribution in [3.63, 3.8) is 0 Å². The van der Waals surface area contributed by atoms with Crippen molar-refractivity contribution in [3.05, 3.63) is 18.2 Å². The van der Waals surface area contributed by atoms with E-state index in [1.54, 1.807) is 0 Å². The van der Waals surface area contributed by atoms with Gasteiger partial charge in [-0.25, -0.2) is 4.98 Å². The largest absolute Gasteiger partial charge is 0.319 e. The van der Waals surface area contributed by atoms with Crippen LogP contribution in [0.15, 0.2) is 12.4 Å². The molecule has 108 valence electrons. The highest BCUT2D eigenvalue weighted by atomic mass is 19.3. The third kappa shape index (κ3) is 4.27. The van der Waals surface area contributed by atoms with Crippen LogP contribution in [0.25, 0.3) is 0 Å². The van der Waals surface area contributed by atoms with Crippen LogP contribution < -0.4 is 5.32 Å². The van der Waals surface area contributed by atoms with Gasteiger partial charge in [0.1, 0.15) is 5.82 Å². The molecule has 1 saturated carbocycles. The van der Waals surface area contributed by atoms with Crippen molar-refractivity contribution in [1.82, 2.24) is 14.9 Å². The third-order valence-electron chi connectivity index (χ3n) is 4.11. The van der Waals surface area contributed by atoms with E-state index in [9.17, 15) is 8.78 Å². The smallest absolute Gasteiger partial charge is 0.310 e. The molecule has 0 unspecified atom stereocenters. The summed E-state index contributed by atoms with van der Waals surface area (Å²) in [5.41, 5.74) is 0. The van der Waals surface area contributed by atoms with Crippen LogP contribution in [-0.4, -0.2) is 16.1 Å². The van der Waals surface area contributed by atoms with Crippen LogP contribution >= 0.6 is 0 Å². The zero-order valence-electron chi connectivity index (χ0n) is 11.5. The van der Waals surface area contributed by atoms with Gasteiger partial charge in [0.25, 0.3) is 0 Å². The molecule has 3 nitrogen and oxygen atoms in total. The number of hydrogen-bond donors (Lipinski definition) is 1. The first kappa shape index (κ1) is 14.4. The maximum Gasteiger partial charge on any atom is 0.319 e. The van der Waals surface area contributed by atoms with Gasteiger partial charge in [0.2, 0.25) is 0 Å². The summed E-state index contributed by atoms with van der Waals surface area (Å²) in [6.45, 7) is 1.12. The van der Waals surface area contributed by atoms with E-state index < -0.39 is 6.55 Å². The molecule has 1 aliphatic carbocycles. The lowest BCUT2D eigenvalue weighted by atomic mass is 9.81. The molecule has 0 atom stereocenters. The van der Waals surface area contributed by atoms with E-state index in [-0.39, 0.29) is 0 Å². The van der Waals surface area contributed by atoms with E-state index in [0.717, 1.165) is 29.4 Å². The van der Waals surface area contributed by atoms with Crippen molar-refractivity contribution in [2.75, 3.05) is 6.54 Å². The van der Waals surface area contributed by atoms with Crippen LogP contribution in [0.2, 0.25) is 0 Å². The van der Waals surface area contributed by atoms with Crippen LogP contribution in [0, 0.1) is 11.8 Å². The van der Waals surface area contributed by atoms with Gasteiger partial charge in [0.15, 0.2) is 0 Å². The highest BCUT2D eigenvalue weighted by Gasteiger charge is 2.17. The number of rotatable bonds is 6. The molecule has 19 heavy (non-hydrogen) atoms. The Morgan fingerprint density at radius 3 is 2.79 bits per heavy atom. The van der Waals surface area contributed by atoms with Gasteiger partial charge in [0, 0.05) is 12.4 Å². The van der Waals surface area contributed by atoms with Crippen molar-refractivity contribution >= 4 is 0 Å². The Labute approximate surface area is 113 Å². The monoisotopic (exact) mass is 271 g/mol. The zero-order valence-corrected chi connectivity index (χ0v) is 11.5. The number of hydrogen-bond acceptors (Lipinski definition) is 2. The van der Waals surface area contributed by atoms with Gasteiger partial charge in [0.05, 0.1) is 6.54 Å².